The van der Waals surface area contributed by atoms with Crippen molar-refractivity contribution < 1.29 is 9.59 Å². The summed E-state index contributed by atoms with van der Waals surface area (Å²) >= 11 is 3.05. The molecule has 0 bridgehead atoms. The minimum atomic E-state index is -0.614. The SMILES string of the molecule is CC(C)C(NC(=O)c1cccs1)C(=O)Nc1ccc(Cc2nc3ccccc3s2)cc1. The fraction of sp³-hybridized carbons (Fsp3) is 0.208. The van der Waals surface area contributed by atoms with E-state index < -0.39 is 6.04 Å². The zero-order valence-corrected chi connectivity index (χ0v) is 18.9. The van der Waals surface area contributed by atoms with Crippen LogP contribution < -0.4 is 10.6 Å². The molecule has 2 aromatic carbocycles. The first-order valence-corrected chi connectivity index (χ1v) is 11.8. The normalized spacial score (nSPS) is 12.1. The molecule has 4 rings (SSSR count). The topological polar surface area (TPSA) is 71.1 Å². The highest BCUT2D eigenvalue weighted by atomic mass is 32.1. The van der Waals surface area contributed by atoms with Crippen molar-refractivity contribution in [3.05, 3.63) is 81.5 Å². The molecule has 0 aliphatic rings. The van der Waals surface area contributed by atoms with Crippen LogP contribution in [0.25, 0.3) is 10.2 Å². The molecule has 2 heterocycles. The van der Waals surface area contributed by atoms with E-state index in [0.717, 1.165) is 22.5 Å². The van der Waals surface area contributed by atoms with Gasteiger partial charge in [0.25, 0.3) is 5.91 Å². The molecule has 0 aliphatic carbocycles. The second-order valence-electron chi connectivity index (χ2n) is 7.61. The van der Waals surface area contributed by atoms with Crippen molar-refractivity contribution in [2.75, 3.05) is 5.32 Å². The van der Waals surface area contributed by atoms with Gasteiger partial charge in [0, 0.05) is 12.1 Å². The Bertz CT molecular complexity index is 1150. The highest BCUT2D eigenvalue weighted by Gasteiger charge is 2.25. The molecule has 7 heteroatoms. The molecule has 0 saturated carbocycles. The molecule has 0 fully saturated rings. The Morgan fingerprint density at radius 2 is 1.77 bits per heavy atom. The highest BCUT2D eigenvalue weighted by Crippen LogP contribution is 2.24. The summed E-state index contributed by atoms with van der Waals surface area (Å²) in [6.45, 7) is 3.83. The second kappa shape index (κ2) is 9.41. The van der Waals surface area contributed by atoms with Crippen LogP contribution in [0.3, 0.4) is 0 Å². The van der Waals surface area contributed by atoms with Crippen LogP contribution >= 0.6 is 22.7 Å². The van der Waals surface area contributed by atoms with Gasteiger partial charge < -0.3 is 10.6 Å². The number of hydrogen-bond donors (Lipinski definition) is 2. The summed E-state index contributed by atoms with van der Waals surface area (Å²) in [5.41, 5.74) is 2.85. The average Bonchev–Trinajstić information content (AvgIpc) is 3.42. The monoisotopic (exact) mass is 449 g/mol. The molecule has 158 valence electrons. The van der Waals surface area contributed by atoms with Gasteiger partial charge in [-0.3, -0.25) is 9.59 Å². The maximum absolute atomic E-state index is 12.8. The van der Waals surface area contributed by atoms with Crippen LogP contribution in [0.5, 0.6) is 0 Å². The van der Waals surface area contributed by atoms with Crippen molar-refractivity contribution >= 4 is 50.4 Å². The number of aromatic nitrogens is 1. The lowest BCUT2D eigenvalue weighted by Gasteiger charge is -2.21. The highest BCUT2D eigenvalue weighted by molar-refractivity contribution is 7.18. The van der Waals surface area contributed by atoms with E-state index in [1.54, 1.807) is 17.4 Å². The summed E-state index contributed by atoms with van der Waals surface area (Å²) in [7, 11) is 0. The van der Waals surface area contributed by atoms with Crippen molar-refractivity contribution in [1.29, 1.82) is 0 Å². The molecule has 0 saturated heterocycles. The van der Waals surface area contributed by atoms with Crippen LogP contribution in [-0.2, 0) is 11.2 Å². The second-order valence-corrected chi connectivity index (χ2v) is 9.67. The number of rotatable bonds is 7. The summed E-state index contributed by atoms with van der Waals surface area (Å²) in [5, 5.41) is 8.68. The molecule has 4 aromatic rings. The van der Waals surface area contributed by atoms with E-state index in [4.69, 9.17) is 0 Å². The van der Waals surface area contributed by atoms with Crippen molar-refractivity contribution in [3.8, 4) is 0 Å². The van der Waals surface area contributed by atoms with Crippen LogP contribution in [0.4, 0.5) is 5.69 Å². The van der Waals surface area contributed by atoms with E-state index in [1.165, 1.54) is 16.0 Å². The number of benzene rings is 2. The van der Waals surface area contributed by atoms with Gasteiger partial charge in [0.15, 0.2) is 0 Å². The van der Waals surface area contributed by atoms with E-state index in [9.17, 15) is 9.59 Å². The number of nitrogens with zero attached hydrogens (tertiary/aromatic N) is 1. The third-order valence-corrected chi connectivity index (χ3v) is 6.80. The third-order valence-electron chi connectivity index (χ3n) is 4.90. The molecular formula is C24H23N3O2S2. The first-order valence-electron chi connectivity index (χ1n) is 10.1. The van der Waals surface area contributed by atoms with Crippen molar-refractivity contribution in [2.45, 2.75) is 26.3 Å². The predicted molar refractivity (Wildman–Crippen MR) is 128 cm³/mol. The quantitative estimate of drug-likeness (QED) is 0.400. The molecule has 31 heavy (non-hydrogen) atoms. The largest absolute Gasteiger partial charge is 0.339 e. The Labute approximate surface area is 189 Å². The number of fused-ring (bicyclic) bond motifs is 1. The molecule has 1 atom stereocenters. The number of nitrogens with one attached hydrogen (secondary N) is 2. The molecule has 2 N–H and O–H groups in total. The number of amides is 2. The van der Waals surface area contributed by atoms with Gasteiger partial charge >= 0.3 is 0 Å². The summed E-state index contributed by atoms with van der Waals surface area (Å²) in [5.74, 6) is -0.490. The van der Waals surface area contributed by atoms with E-state index in [1.807, 2.05) is 67.8 Å². The molecular weight excluding hydrogens is 426 g/mol. The van der Waals surface area contributed by atoms with Gasteiger partial charge in [0.05, 0.1) is 20.1 Å². The summed E-state index contributed by atoms with van der Waals surface area (Å²) in [4.78, 5) is 30.5. The Hall–Kier alpha value is -3.03. The van der Waals surface area contributed by atoms with Gasteiger partial charge in [-0.25, -0.2) is 4.98 Å². The Kier molecular flexibility index (Phi) is 6.44. The minimum absolute atomic E-state index is 0.0396. The lowest BCUT2D eigenvalue weighted by Crippen LogP contribution is -2.46. The fourth-order valence-electron chi connectivity index (χ4n) is 3.25. The van der Waals surface area contributed by atoms with E-state index in [-0.39, 0.29) is 17.7 Å². The van der Waals surface area contributed by atoms with Gasteiger partial charge in [-0.2, -0.15) is 0 Å². The van der Waals surface area contributed by atoms with Gasteiger partial charge in [-0.05, 0) is 47.2 Å². The van der Waals surface area contributed by atoms with Gasteiger partial charge in [-0.15, -0.1) is 22.7 Å². The number of carbonyl (C=O) groups excluding carboxylic acids is 2. The lowest BCUT2D eigenvalue weighted by molar-refractivity contribution is -0.118. The van der Waals surface area contributed by atoms with Gasteiger partial charge in [0.2, 0.25) is 5.91 Å². The first kappa shape index (κ1) is 21.2. The van der Waals surface area contributed by atoms with Crippen LogP contribution in [-0.4, -0.2) is 22.8 Å². The number of thiophene rings is 1. The number of anilines is 1. The Morgan fingerprint density at radius 1 is 1.00 bits per heavy atom. The molecule has 1 unspecified atom stereocenters. The summed E-state index contributed by atoms with van der Waals surface area (Å²) in [6.07, 6.45) is 0.749. The summed E-state index contributed by atoms with van der Waals surface area (Å²) in [6, 6.07) is 18.8. The number of carbonyl (C=O) groups is 2. The molecule has 0 aliphatic heterocycles. The summed E-state index contributed by atoms with van der Waals surface area (Å²) < 4.78 is 1.19. The predicted octanol–water partition coefficient (Wildman–Crippen LogP) is 5.34. The molecule has 0 radical (unpaired) electrons. The molecule has 0 spiro atoms. The van der Waals surface area contributed by atoms with E-state index in [2.05, 4.69) is 21.7 Å². The molecule has 2 amide bonds. The third kappa shape index (κ3) is 5.18. The van der Waals surface area contributed by atoms with Gasteiger partial charge in [-0.1, -0.05) is 44.2 Å². The zero-order chi connectivity index (χ0) is 21.8. The molecule has 2 aromatic heterocycles. The maximum Gasteiger partial charge on any atom is 0.262 e. The smallest absolute Gasteiger partial charge is 0.262 e. The van der Waals surface area contributed by atoms with Crippen LogP contribution in [0.1, 0.15) is 34.1 Å². The van der Waals surface area contributed by atoms with Crippen molar-refractivity contribution in [3.63, 3.8) is 0 Å². The van der Waals surface area contributed by atoms with Gasteiger partial charge in [0.1, 0.15) is 6.04 Å². The van der Waals surface area contributed by atoms with Crippen LogP contribution in [0, 0.1) is 5.92 Å². The van der Waals surface area contributed by atoms with Crippen LogP contribution in [0.15, 0.2) is 66.0 Å². The average molecular weight is 450 g/mol. The van der Waals surface area contributed by atoms with Crippen molar-refractivity contribution in [1.82, 2.24) is 10.3 Å². The maximum atomic E-state index is 12.8. The van der Waals surface area contributed by atoms with E-state index >= 15 is 0 Å². The fourth-order valence-corrected chi connectivity index (χ4v) is 4.88. The van der Waals surface area contributed by atoms with Crippen molar-refractivity contribution in [2.24, 2.45) is 5.92 Å². The van der Waals surface area contributed by atoms with E-state index in [0.29, 0.717) is 10.6 Å². The number of thiazole rings is 1. The zero-order valence-electron chi connectivity index (χ0n) is 17.3. The lowest BCUT2D eigenvalue weighted by atomic mass is 10.0. The molecule has 5 nitrogen and oxygen atoms in total. The number of para-hydroxylation sites is 1. The minimum Gasteiger partial charge on any atom is -0.339 e. The Balaban J connectivity index is 1.39. The first-order chi connectivity index (χ1) is 15.0. The number of hydrogen-bond acceptors (Lipinski definition) is 5. The standard InChI is InChI=1S/C24H23N3O2S2/c1-15(2)22(27-23(28)20-8-5-13-30-20)24(29)25-17-11-9-16(10-12-17)14-21-26-18-6-3-4-7-19(18)31-21/h3-13,15,22H,14H2,1-2H3,(H,25,29)(H,27,28). The Morgan fingerprint density at radius 3 is 2.45 bits per heavy atom. The van der Waals surface area contributed by atoms with Crippen LogP contribution in [0.2, 0.25) is 0 Å².